The molecule has 0 bridgehead atoms. The van der Waals surface area contributed by atoms with E-state index < -0.39 is 0 Å². The Morgan fingerprint density at radius 1 is 1.20 bits per heavy atom. The van der Waals surface area contributed by atoms with Crippen LogP contribution in [0.3, 0.4) is 0 Å². The second-order valence-corrected chi connectivity index (χ2v) is 7.16. The summed E-state index contributed by atoms with van der Waals surface area (Å²) in [4.78, 5) is 28.0. The molecule has 2 aromatic carbocycles. The number of benzene rings is 2. The number of allylic oxidation sites excluding steroid dienone is 1. The molecule has 0 aliphatic carbocycles. The molecule has 0 saturated carbocycles. The Hall–Kier alpha value is -3.65. The number of carbonyl (C=O) groups is 2. The normalized spacial score (nSPS) is 17.3. The molecule has 2 aliphatic rings. The summed E-state index contributed by atoms with van der Waals surface area (Å²) in [6, 6.07) is 10.9. The van der Waals surface area contributed by atoms with Gasteiger partial charge in [0.1, 0.15) is 11.3 Å². The standard InChI is InChI=1S/C22H20N4O4/c1-29-17-7-6-14-20(27)18(12-16-13-4-2-3-5-15(13)24-25-16)30-21(14)19(17)22(28)26-10-8-23-9-11-26/h2-7,12,23H,8-11H2,1H3,(H,24,25). The zero-order valence-electron chi connectivity index (χ0n) is 16.4. The average molecular weight is 404 g/mol. The lowest BCUT2D eigenvalue weighted by Crippen LogP contribution is -2.46. The number of hydrogen-bond acceptors (Lipinski definition) is 6. The zero-order chi connectivity index (χ0) is 20.7. The van der Waals surface area contributed by atoms with Crippen LogP contribution in [0.1, 0.15) is 26.4 Å². The molecule has 0 radical (unpaired) electrons. The van der Waals surface area contributed by atoms with Gasteiger partial charge < -0.3 is 19.7 Å². The first-order chi connectivity index (χ1) is 14.7. The Morgan fingerprint density at radius 3 is 2.80 bits per heavy atom. The molecule has 30 heavy (non-hydrogen) atoms. The fourth-order valence-corrected chi connectivity index (χ4v) is 3.85. The van der Waals surface area contributed by atoms with Gasteiger partial charge in [0.25, 0.3) is 5.91 Å². The highest BCUT2D eigenvalue weighted by molar-refractivity contribution is 6.17. The minimum Gasteiger partial charge on any atom is -0.496 e. The molecule has 1 aromatic heterocycles. The molecule has 1 fully saturated rings. The lowest BCUT2D eigenvalue weighted by Gasteiger charge is -2.28. The van der Waals surface area contributed by atoms with E-state index in [0.29, 0.717) is 30.1 Å². The van der Waals surface area contributed by atoms with Crippen molar-refractivity contribution in [2.24, 2.45) is 0 Å². The minimum atomic E-state index is -0.283. The largest absolute Gasteiger partial charge is 0.496 e. The lowest BCUT2D eigenvalue weighted by atomic mass is 10.0. The zero-order valence-corrected chi connectivity index (χ0v) is 16.4. The Morgan fingerprint density at radius 2 is 2.00 bits per heavy atom. The Labute approximate surface area is 172 Å². The van der Waals surface area contributed by atoms with Gasteiger partial charge in [-0.05, 0) is 18.2 Å². The quantitative estimate of drug-likeness (QED) is 0.650. The molecule has 3 heterocycles. The van der Waals surface area contributed by atoms with Gasteiger partial charge in [-0.2, -0.15) is 5.10 Å². The van der Waals surface area contributed by atoms with Gasteiger partial charge in [-0.15, -0.1) is 0 Å². The number of ether oxygens (including phenoxy) is 2. The van der Waals surface area contributed by atoms with Crippen molar-refractivity contribution in [3.05, 3.63) is 59.0 Å². The summed E-state index contributed by atoms with van der Waals surface area (Å²) in [5.41, 5.74) is 2.09. The van der Waals surface area contributed by atoms with Crippen LogP contribution in [0.25, 0.3) is 17.0 Å². The van der Waals surface area contributed by atoms with Crippen molar-refractivity contribution in [3.8, 4) is 11.5 Å². The van der Waals surface area contributed by atoms with Crippen molar-refractivity contribution < 1.29 is 19.1 Å². The number of nitrogens with one attached hydrogen (secondary N) is 2. The summed E-state index contributed by atoms with van der Waals surface area (Å²) in [5.74, 6) is 0.272. The molecule has 152 valence electrons. The molecule has 8 heteroatoms. The van der Waals surface area contributed by atoms with Crippen LogP contribution in [0.2, 0.25) is 0 Å². The van der Waals surface area contributed by atoms with E-state index in [-0.39, 0.29) is 28.8 Å². The summed E-state index contributed by atoms with van der Waals surface area (Å²) in [7, 11) is 1.50. The summed E-state index contributed by atoms with van der Waals surface area (Å²) < 4.78 is 11.4. The molecule has 8 nitrogen and oxygen atoms in total. The van der Waals surface area contributed by atoms with Crippen LogP contribution in [0.4, 0.5) is 0 Å². The number of fused-ring (bicyclic) bond motifs is 2. The van der Waals surface area contributed by atoms with Crippen molar-refractivity contribution in [2.75, 3.05) is 33.3 Å². The molecular formula is C22H20N4O4. The minimum absolute atomic E-state index is 0.130. The number of H-pyrrole nitrogens is 1. The number of Topliss-reactive ketones (excluding diaryl/α,β-unsaturated/α-hetero) is 1. The number of aromatic nitrogens is 2. The fourth-order valence-electron chi connectivity index (χ4n) is 3.85. The van der Waals surface area contributed by atoms with Crippen LogP contribution in [-0.2, 0) is 0 Å². The van der Waals surface area contributed by atoms with Crippen molar-refractivity contribution in [3.63, 3.8) is 0 Å². The van der Waals surface area contributed by atoms with Crippen LogP contribution >= 0.6 is 0 Å². The number of hydrogen-bond donors (Lipinski definition) is 2. The predicted octanol–water partition coefficient (Wildman–Crippen LogP) is 2.23. The van der Waals surface area contributed by atoms with Crippen LogP contribution in [-0.4, -0.2) is 60.1 Å². The molecule has 0 unspecified atom stereocenters. The van der Waals surface area contributed by atoms with E-state index in [2.05, 4.69) is 15.5 Å². The molecule has 0 atom stereocenters. The number of rotatable bonds is 3. The summed E-state index contributed by atoms with van der Waals surface area (Å²) in [5, 5.41) is 11.3. The van der Waals surface area contributed by atoms with Crippen LogP contribution < -0.4 is 14.8 Å². The molecule has 1 amide bonds. The van der Waals surface area contributed by atoms with E-state index in [1.807, 2.05) is 24.3 Å². The topological polar surface area (TPSA) is 96.5 Å². The smallest absolute Gasteiger partial charge is 0.261 e. The molecule has 1 saturated heterocycles. The third kappa shape index (κ3) is 2.93. The first-order valence-corrected chi connectivity index (χ1v) is 9.75. The predicted molar refractivity (Wildman–Crippen MR) is 111 cm³/mol. The van der Waals surface area contributed by atoms with Gasteiger partial charge in [0.15, 0.2) is 11.5 Å². The van der Waals surface area contributed by atoms with Gasteiger partial charge in [-0.3, -0.25) is 14.7 Å². The Kier molecular flexibility index (Phi) is 4.48. The van der Waals surface area contributed by atoms with Gasteiger partial charge in [-0.1, -0.05) is 18.2 Å². The summed E-state index contributed by atoms with van der Waals surface area (Å²) in [6.45, 7) is 2.61. The van der Waals surface area contributed by atoms with E-state index in [0.717, 1.165) is 24.0 Å². The molecule has 3 aromatic rings. The first-order valence-electron chi connectivity index (χ1n) is 9.75. The van der Waals surface area contributed by atoms with E-state index in [4.69, 9.17) is 9.47 Å². The number of aromatic amines is 1. The monoisotopic (exact) mass is 404 g/mol. The highest BCUT2D eigenvalue weighted by Gasteiger charge is 2.35. The van der Waals surface area contributed by atoms with Crippen LogP contribution in [0.5, 0.6) is 11.5 Å². The van der Waals surface area contributed by atoms with Gasteiger partial charge in [0.05, 0.1) is 23.9 Å². The Balaban J connectivity index is 1.56. The van der Waals surface area contributed by atoms with E-state index in [1.54, 1.807) is 23.1 Å². The van der Waals surface area contributed by atoms with E-state index in [9.17, 15) is 9.59 Å². The van der Waals surface area contributed by atoms with Gasteiger partial charge >= 0.3 is 0 Å². The molecule has 0 spiro atoms. The molecule has 5 rings (SSSR count). The van der Waals surface area contributed by atoms with Crippen molar-refractivity contribution in [1.82, 2.24) is 20.4 Å². The maximum Gasteiger partial charge on any atom is 0.261 e. The number of carbonyl (C=O) groups excluding carboxylic acids is 2. The van der Waals surface area contributed by atoms with Gasteiger partial charge in [-0.25, -0.2) is 0 Å². The Bertz CT molecular complexity index is 1190. The van der Waals surface area contributed by atoms with E-state index >= 15 is 0 Å². The van der Waals surface area contributed by atoms with Gasteiger partial charge in [0.2, 0.25) is 5.78 Å². The van der Waals surface area contributed by atoms with Crippen molar-refractivity contribution in [2.45, 2.75) is 0 Å². The summed E-state index contributed by atoms with van der Waals surface area (Å²) >= 11 is 0. The highest BCUT2D eigenvalue weighted by atomic mass is 16.5. The second kappa shape index (κ2) is 7.31. The third-order valence-corrected chi connectivity index (χ3v) is 5.41. The van der Waals surface area contributed by atoms with Gasteiger partial charge in [0, 0.05) is 37.6 Å². The maximum absolute atomic E-state index is 13.2. The molecule has 2 N–H and O–H groups in total. The number of piperazine rings is 1. The number of para-hydroxylation sites is 1. The molecule has 2 aliphatic heterocycles. The summed E-state index contributed by atoms with van der Waals surface area (Å²) in [6.07, 6.45) is 1.60. The first kappa shape index (κ1) is 18.4. The van der Waals surface area contributed by atoms with Crippen LogP contribution in [0, 0.1) is 0 Å². The average Bonchev–Trinajstić information content (AvgIpc) is 3.34. The number of methoxy groups -OCH3 is 1. The third-order valence-electron chi connectivity index (χ3n) is 5.41. The second-order valence-electron chi connectivity index (χ2n) is 7.16. The van der Waals surface area contributed by atoms with Crippen molar-refractivity contribution >= 4 is 28.7 Å². The van der Waals surface area contributed by atoms with E-state index in [1.165, 1.54) is 7.11 Å². The maximum atomic E-state index is 13.2. The lowest BCUT2D eigenvalue weighted by molar-refractivity contribution is 0.0729. The number of amides is 1. The number of nitrogens with zero attached hydrogens (tertiary/aromatic N) is 2. The van der Waals surface area contributed by atoms with Crippen LogP contribution in [0.15, 0.2) is 42.2 Å². The highest BCUT2D eigenvalue weighted by Crippen LogP contribution is 2.40. The number of ketones is 1. The fraction of sp³-hybridized carbons (Fsp3) is 0.227. The van der Waals surface area contributed by atoms with Crippen molar-refractivity contribution in [1.29, 1.82) is 0 Å². The molecular weight excluding hydrogens is 384 g/mol. The SMILES string of the molecule is COc1ccc2c(c1C(=O)N1CCNCC1)OC(=Cc1n[nH]c3ccccc13)C2=O.